The molecule has 2 aromatic rings. The predicted molar refractivity (Wildman–Crippen MR) is 136 cm³/mol. The molecule has 35 heavy (non-hydrogen) atoms. The molecule has 0 saturated heterocycles. The van der Waals surface area contributed by atoms with Crippen LogP contribution >= 0.6 is 0 Å². The van der Waals surface area contributed by atoms with Gasteiger partial charge in [-0.25, -0.2) is 20.4 Å². The van der Waals surface area contributed by atoms with Gasteiger partial charge < -0.3 is 14.8 Å². The van der Waals surface area contributed by atoms with Crippen molar-refractivity contribution in [1.82, 2.24) is 16.2 Å². The zero-order valence-electron chi connectivity index (χ0n) is 20.7. The number of rotatable bonds is 14. The summed E-state index contributed by atoms with van der Waals surface area (Å²) in [5, 5.41) is 11.3. The van der Waals surface area contributed by atoms with E-state index in [0.29, 0.717) is 13.2 Å². The molecule has 0 heterocycles. The van der Waals surface area contributed by atoms with Crippen molar-refractivity contribution in [2.24, 2.45) is 10.2 Å². The monoisotopic (exact) mass is 483 g/mol. The maximum Gasteiger partial charge on any atom is 0.426 e. The third kappa shape index (κ3) is 12.4. The Kier molecular flexibility index (Phi) is 13.3. The number of hydrazine groups is 1. The van der Waals surface area contributed by atoms with Crippen molar-refractivity contribution in [2.75, 3.05) is 19.8 Å². The fourth-order valence-corrected chi connectivity index (χ4v) is 3.13. The number of aryl methyl sites for hydroxylation is 1. The number of amides is 3. The summed E-state index contributed by atoms with van der Waals surface area (Å²) in [5.41, 5.74) is 7.31. The number of carbonyl (C=O) groups excluding carboxylic acids is 2. The van der Waals surface area contributed by atoms with Crippen LogP contribution in [0.5, 0.6) is 5.75 Å². The number of benzene rings is 2. The van der Waals surface area contributed by atoms with Crippen LogP contribution in [0.4, 0.5) is 21.0 Å². The van der Waals surface area contributed by atoms with Gasteiger partial charge in [-0.15, -0.1) is 0 Å². The highest BCUT2D eigenvalue weighted by Gasteiger charge is 2.03. The van der Waals surface area contributed by atoms with E-state index in [0.717, 1.165) is 49.2 Å². The average Bonchev–Trinajstić information content (AvgIpc) is 2.88. The summed E-state index contributed by atoms with van der Waals surface area (Å²) in [4.78, 5) is 22.6. The Bertz CT molecular complexity index is 901. The lowest BCUT2D eigenvalue weighted by atomic mass is 10.1. The molecule has 0 unspecified atom stereocenters. The van der Waals surface area contributed by atoms with E-state index in [1.54, 1.807) is 6.92 Å². The Labute approximate surface area is 207 Å². The minimum Gasteiger partial charge on any atom is -0.494 e. The van der Waals surface area contributed by atoms with Crippen LogP contribution in [0.1, 0.15) is 57.9 Å². The molecule has 2 aromatic carbocycles. The summed E-state index contributed by atoms with van der Waals surface area (Å²) in [5.74, 6) is 0.802. The number of carbonyl (C=O) groups is 2. The Morgan fingerprint density at radius 2 is 1.46 bits per heavy atom. The highest BCUT2D eigenvalue weighted by molar-refractivity contribution is 5.77. The van der Waals surface area contributed by atoms with E-state index in [4.69, 9.17) is 4.74 Å². The van der Waals surface area contributed by atoms with Crippen LogP contribution in [0.2, 0.25) is 0 Å². The van der Waals surface area contributed by atoms with Crippen LogP contribution in [-0.4, -0.2) is 31.9 Å². The molecule has 3 N–H and O–H groups in total. The zero-order valence-corrected chi connectivity index (χ0v) is 20.7. The van der Waals surface area contributed by atoms with Gasteiger partial charge in [0.15, 0.2) is 0 Å². The van der Waals surface area contributed by atoms with Crippen molar-refractivity contribution in [2.45, 2.75) is 58.8 Å². The maximum atomic E-state index is 11.5. The van der Waals surface area contributed by atoms with Gasteiger partial charge in [0, 0.05) is 6.54 Å². The molecule has 0 bridgehead atoms. The topological polar surface area (TPSA) is 113 Å². The smallest absolute Gasteiger partial charge is 0.426 e. The highest BCUT2D eigenvalue weighted by Crippen LogP contribution is 2.22. The molecular weight excluding hydrogens is 446 g/mol. The van der Waals surface area contributed by atoms with E-state index in [2.05, 4.69) is 50.2 Å². The number of hydrogen-bond acceptors (Lipinski definition) is 6. The van der Waals surface area contributed by atoms with Crippen molar-refractivity contribution in [3.63, 3.8) is 0 Å². The fraction of sp³-hybridized carbons (Fsp3) is 0.462. The molecule has 0 aliphatic carbocycles. The van der Waals surface area contributed by atoms with Crippen molar-refractivity contribution >= 4 is 23.5 Å². The number of unbranched alkanes of at least 4 members (excludes halogenated alkanes) is 4. The molecule has 0 atom stereocenters. The summed E-state index contributed by atoms with van der Waals surface area (Å²) >= 11 is 0. The van der Waals surface area contributed by atoms with Gasteiger partial charge in [-0.05, 0) is 74.6 Å². The average molecular weight is 484 g/mol. The third-order valence-electron chi connectivity index (χ3n) is 5.05. The summed E-state index contributed by atoms with van der Waals surface area (Å²) < 4.78 is 10.4. The molecule has 9 heteroatoms. The van der Waals surface area contributed by atoms with E-state index in [1.165, 1.54) is 18.4 Å². The van der Waals surface area contributed by atoms with Crippen molar-refractivity contribution in [3.05, 3.63) is 54.1 Å². The number of nitrogens with one attached hydrogen (secondary N) is 3. The molecule has 0 aliphatic rings. The molecule has 0 aliphatic heterocycles. The van der Waals surface area contributed by atoms with Crippen LogP contribution in [0, 0.1) is 0 Å². The zero-order chi connectivity index (χ0) is 25.1. The number of azo groups is 1. The van der Waals surface area contributed by atoms with Crippen LogP contribution in [-0.2, 0) is 11.2 Å². The molecule has 0 aromatic heterocycles. The second-order valence-corrected chi connectivity index (χ2v) is 7.95. The summed E-state index contributed by atoms with van der Waals surface area (Å²) in [6, 6.07) is 15.3. The van der Waals surface area contributed by atoms with Gasteiger partial charge in [-0.3, -0.25) is 0 Å². The van der Waals surface area contributed by atoms with Gasteiger partial charge >= 0.3 is 12.1 Å². The van der Waals surface area contributed by atoms with E-state index in [-0.39, 0.29) is 6.61 Å². The van der Waals surface area contributed by atoms with Crippen LogP contribution in [0.25, 0.3) is 0 Å². The first-order chi connectivity index (χ1) is 17.1. The second kappa shape index (κ2) is 16.9. The molecule has 0 saturated carbocycles. The van der Waals surface area contributed by atoms with Crippen molar-refractivity contribution < 1.29 is 19.1 Å². The fourth-order valence-electron chi connectivity index (χ4n) is 3.13. The Morgan fingerprint density at radius 3 is 2.11 bits per heavy atom. The Morgan fingerprint density at radius 1 is 0.800 bits per heavy atom. The van der Waals surface area contributed by atoms with Gasteiger partial charge in [0.2, 0.25) is 0 Å². The van der Waals surface area contributed by atoms with Crippen molar-refractivity contribution in [1.29, 1.82) is 0 Å². The first-order valence-corrected chi connectivity index (χ1v) is 12.3. The first-order valence-electron chi connectivity index (χ1n) is 12.3. The van der Waals surface area contributed by atoms with Crippen molar-refractivity contribution in [3.8, 4) is 5.75 Å². The quantitative estimate of drug-likeness (QED) is 0.165. The van der Waals surface area contributed by atoms with E-state index in [9.17, 15) is 9.59 Å². The van der Waals surface area contributed by atoms with Crippen LogP contribution in [0.15, 0.2) is 58.8 Å². The molecule has 3 amide bonds. The lowest BCUT2D eigenvalue weighted by Crippen LogP contribution is -2.47. The SMILES string of the molecule is CCCCc1ccc(N=Nc2ccc(OCCCCCCNC(=O)NNC(=O)OCC)cc2)cc1. The Balaban J connectivity index is 1.54. The number of urea groups is 1. The van der Waals surface area contributed by atoms with E-state index in [1.807, 2.05) is 36.4 Å². The van der Waals surface area contributed by atoms with Crippen LogP contribution in [0.3, 0.4) is 0 Å². The molecule has 0 fully saturated rings. The lowest BCUT2D eigenvalue weighted by molar-refractivity contribution is 0.147. The number of nitrogens with zero attached hydrogens (tertiary/aromatic N) is 2. The minimum absolute atomic E-state index is 0.241. The van der Waals surface area contributed by atoms with Gasteiger partial charge in [-0.1, -0.05) is 38.3 Å². The van der Waals surface area contributed by atoms with Crippen LogP contribution < -0.4 is 20.9 Å². The van der Waals surface area contributed by atoms with E-state index < -0.39 is 12.1 Å². The van der Waals surface area contributed by atoms with Gasteiger partial charge in [0.05, 0.1) is 24.6 Å². The first kappa shape index (κ1) is 27.6. The third-order valence-corrected chi connectivity index (χ3v) is 5.05. The second-order valence-electron chi connectivity index (χ2n) is 7.95. The standard InChI is InChI=1S/C26H37N5O4/c1-3-5-10-21-11-13-22(14-12-21)28-29-23-15-17-24(18-16-23)35-20-9-7-6-8-19-27-25(32)30-31-26(33)34-4-2/h11-18H,3-10,19-20H2,1-2H3,(H,31,33)(H2,27,30,32). The minimum atomic E-state index is -0.690. The molecule has 190 valence electrons. The molecule has 0 spiro atoms. The van der Waals surface area contributed by atoms with Gasteiger partial charge in [-0.2, -0.15) is 10.2 Å². The van der Waals surface area contributed by atoms with Gasteiger partial charge in [0.25, 0.3) is 0 Å². The Hall–Kier alpha value is -3.62. The predicted octanol–water partition coefficient (Wildman–Crippen LogP) is 6.34. The summed E-state index contributed by atoms with van der Waals surface area (Å²) in [6.07, 6.45) is 6.53. The summed E-state index contributed by atoms with van der Waals surface area (Å²) in [6.45, 7) is 5.27. The van der Waals surface area contributed by atoms with E-state index >= 15 is 0 Å². The van der Waals surface area contributed by atoms with Gasteiger partial charge in [0.1, 0.15) is 5.75 Å². The summed E-state index contributed by atoms with van der Waals surface area (Å²) in [7, 11) is 0. The molecule has 0 radical (unpaired) electrons. The molecular formula is C26H37N5O4. The number of hydrogen-bond donors (Lipinski definition) is 3. The largest absolute Gasteiger partial charge is 0.494 e. The normalized spacial score (nSPS) is 10.7. The lowest BCUT2D eigenvalue weighted by Gasteiger charge is -2.09. The maximum absolute atomic E-state index is 11.5. The molecule has 9 nitrogen and oxygen atoms in total. The molecule has 2 rings (SSSR count). The number of ether oxygens (including phenoxy) is 2. The highest BCUT2D eigenvalue weighted by atomic mass is 16.6.